The molecule has 2 aromatic rings. The monoisotopic (exact) mass is 349 g/mol. The molecule has 2 N–H and O–H groups in total. The number of anilines is 2. The van der Waals surface area contributed by atoms with Gasteiger partial charge in [-0.05, 0) is 30.3 Å². The number of hydrogen-bond donors (Lipinski definition) is 2. The van der Waals surface area contributed by atoms with Gasteiger partial charge in [-0.3, -0.25) is 9.78 Å². The fourth-order valence-corrected chi connectivity index (χ4v) is 1.96. The summed E-state index contributed by atoms with van der Waals surface area (Å²) in [5.74, 6) is -0.194. The Bertz CT molecular complexity index is 602. The van der Waals surface area contributed by atoms with Crippen LogP contribution in [0.2, 0.25) is 0 Å². The SMILES string of the molecule is COCCNc1cncc(C(=O)Nc2ccc(Br)cc2)c1. The largest absolute Gasteiger partial charge is 0.383 e. The molecular formula is C15H16BrN3O2. The summed E-state index contributed by atoms with van der Waals surface area (Å²) in [5.41, 5.74) is 2.02. The molecule has 1 aromatic heterocycles. The minimum absolute atomic E-state index is 0.194. The zero-order valence-corrected chi connectivity index (χ0v) is 13.2. The van der Waals surface area contributed by atoms with Gasteiger partial charge in [0.15, 0.2) is 0 Å². The van der Waals surface area contributed by atoms with Crippen molar-refractivity contribution in [3.05, 3.63) is 52.8 Å². The molecule has 21 heavy (non-hydrogen) atoms. The summed E-state index contributed by atoms with van der Waals surface area (Å²) >= 11 is 3.35. The van der Waals surface area contributed by atoms with Gasteiger partial charge < -0.3 is 15.4 Å². The number of ether oxygens (including phenoxy) is 1. The molecule has 0 bridgehead atoms. The molecule has 0 aliphatic heterocycles. The van der Waals surface area contributed by atoms with Crippen LogP contribution in [0.3, 0.4) is 0 Å². The van der Waals surface area contributed by atoms with E-state index in [1.54, 1.807) is 19.4 Å². The Morgan fingerprint density at radius 2 is 2.00 bits per heavy atom. The van der Waals surface area contributed by atoms with Crippen LogP contribution in [0.1, 0.15) is 10.4 Å². The molecule has 0 aliphatic rings. The number of halogens is 1. The van der Waals surface area contributed by atoms with E-state index < -0.39 is 0 Å². The lowest BCUT2D eigenvalue weighted by atomic mass is 10.2. The molecule has 0 spiro atoms. The summed E-state index contributed by atoms with van der Waals surface area (Å²) in [6.45, 7) is 1.26. The van der Waals surface area contributed by atoms with Crippen molar-refractivity contribution in [3.8, 4) is 0 Å². The Balaban J connectivity index is 2.01. The van der Waals surface area contributed by atoms with E-state index in [0.29, 0.717) is 18.7 Å². The van der Waals surface area contributed by atoms with E-state index in [4.69, 9.17) is 4.74 Å². The van der Waals surface area contributed by atoms with Gasteiger partial charge in [-0.15, -0.1) is 0 Å². The molecule has 0 atom stereocenters. The third kappa shape index (κ3) is 4.84. The summed E-state index contributed by atoms with van der Waals surface area (Å²) in [6, 6.07) is 9.16. The second kappa shape index (κ2) is 7.75. The number of benzene rings is 1. The average molecular weight is 350 g/mol. The van der Waals surface area contributed by atoms with Crippen molar-refractivity contribution in [2.75, 3.05) is 30.9 Å². The van der Waals surface area contributed by atoms with Gasteiger partial charge in [-0.1, -0.05) is 15.9 Å². The summed E-state index contributed by atoms with van der Waals surface area (Å²) in [7, 11) is 1.64. The minimum Gasteiger partial charge on any atom is -0.383 e. The Kier molecular flexibility index (Phi) is 5.71. The number of rotatable bonds is 6. The van der Waals surface area contributed by atoms with Gasteiger partial charge in [-0.2, -0.15) is 0 Å². The van der Waals surface area contributed by atoms with Gasteiger partial charge in [0.2, 0.25) is 0 Å². The maximum atomic E-state index is 12.2. The third-order valence-corrected chi connectivity index (χ3v) is 3.27. The van der Waals surface area contributed by atoms with Crippen LogP contribution in [0.15, 0.2) is 47.2 Å². The molecule has 1 amide bonds. The fourth-order valence-electron chi connectivity index (χ4n) is 1.69. The molecule has 0 saturated heterocycles. The Morgan fingerprint density at radius 1 is 1.24 bits per heavy atom. The number of nitrogens with zero attached hydrogens (tertiary/aromatic N) is 1. The molecule has 1 heterocycles. The van der Waals surface area contributed by atoms with Gasteiger partial charge in [0.05, 0.1) is 17.9 Å². The lowest BCUT2D eigenvalue weighted by molar-refractivity contribution is 0.102. The second-order valence-electron chi connectivity index (χ2n) is 4.34. The van der Waals surface area contributed by atoms with Gasteiger partial charge >= 0.3 is 0 Å². The lowest BCUT2D eigenvalue weighted by Crippen LogP contribution is -2.13. The van der Waals surface area contributed by atoms with Crippen molar-refractivity contribution in [1.82, 2.24) is 4.98 Å². The zero-order chi connectivity index (χ0) is 15.1. The highest BCUT2D eigenvalue weighted by atomic mass is 79.9. The van der Waals surface area contributed by atoms with Crippen LogP contribution >= 0.6 is 15.9 Å². The van der Waals surface area contributed by atoms with Crippen LogP contribution < -0.4 is 10.6 Å². The normalized spacial score (nSPS) is 10.2. The quantitative estimate of drug-likeness (QED) is 0.786. The molecule has 0 radical (unpaired) electrons. The summed E-state index contributed by atoms with van der Waals surface area (Å²) in [4.78, 5) is 16.2. The first-order valence-electron chi connectivity index (χ1n) is 6.44. The topological polar surface area (TPSA) is 63.2 Å². The third-order valence-electron chi connectivity index (χ3n) is 2.74. The predicted octanol–water partition coefficient (Wildman–Crippen LogP) is 3.15. The molecule has 110 valence electrons. The van der Waals surface area contributed by atoms with E-state index in [9.17, 15) is 4.79 Å². The number of carbonyl (C=O) groups excluding carboxylic acids is 1. The highest BCUT2D eigenvalue weighted by molar-refractivity contribution is 9.10. The number of pyridine rings is 1. The van der Waals surface area contributed by atoms with Gasteiger partial charge in [0.1, 0.15) is 0 Å². The standard InChI is InChI=1S/C15H16BrN3O2/c1-21-7-6-18-14-8-11(9-17-10-14)15(20)19-13-4-2-12(16)3-5-13/h2-5,8-10,18H,6-7H2,1H3,(H,19,20). The van der Waals surface area contributed by atoms with Gasteiger partial charge in [0.25, 0.3) is 5.91 Å². The fraction of sp³-hybridized carbons (Fsp3) is 0.200. The number of nitrogens with one attached hydrogen (secondary N) is 2. The van der Waals surface area contributed by atoms with E-state index in [1.165, 1.54) is 6.20 Å². The average Bonchev–Trinajstić information content (AvgIpc) is 2.50. The van der Waals surface area contributed by atoms with Crippen LogP contribution in [0.4, 0.5) is 11.4 Å². The van der Waals surface area contributed by atoms with Crippen LogP contribution in [0, 0.1) is 0 Å². The van der Waals surface area contributed by atoms with Crippen molar-refractivity contribution in [2.24, 2.45) is 0 Å². The Morgan fingerprint density at radius 3 is 2.71 bits per heavy atom. The van der Waals surface area contributed by atoms with E-state index in [2.05, 4.69) is 31.5 Å². The Hall–Kier alpha value is -1.92. The highest BCUT2D eigenvalue weighted by Crippen LogP contribution is 2.15. The maximum Gasteiger partial charge on any atom is 0.257 e. The molecular weight excluding hydrogens is 334 g/mol. The van der Waals surface area contributed by atoms with Crippen molar-refractivity contribution < 1.29 is 9.53 Å². The van der Waals surface area contributed by atoms with Crippen LogP contribution in [-0.4, -0.2) is 31.2 Å². The smallest absolute Gasteiger partial charge is 0.257 e. The molecule has 2 rings (SSSR count). The first kappa shape index (κ1) is 15.5. The number of methoxy groups -OCH3 is 1. The van der Waals surface area contributed by atoms with Crippen molar-refractivity contribution in [3.63, 3.8) is 0 Å². The highest BCUT2D eigenvalue weighted by Gasteiger charge is 2.07. The molecule has 1 aromatic carbocycles. The molecule has 0 unspecified atom stereocenters. The summed E-state index contributed by atoms with van der Waals surface area (Å²) < 4.78 is 5.93. The number of aromatic nitrogens is 1. The van der Waals surface area contributed by atoms with E-state index in [-0.39, 0.29) is 5.91 Å². The van der Waals surface area contributed by atoms with Gasteiger partial charge in [-0.25, -0.2) is 0 Å². The maximum absolute atomic E-state index is 12.2. The Labute approximate surface area is 131 Å². The first-order chi connectivity index (χ1) is 10.2. The van der Waals surface area contributed by atoms with Crippen molar-refractivity contribution in [1.29, 1.82) is 0 Å². The zero-order valence-electron chi connectivity index (χ0n) is 11.6. The van der Waals surface area contributed by atoms with E-state index in [0.717, 1.165) is 15.8 Å². The number of amides is 1. The molecule has 0 saturated carbocycles. The molecule has 5 nitrogen and oxygen atoms in total. The minimum atomic E-state index is -0.194. The lowest BCUT2D eigenvalue weighted by Gasteiger charge is -2.08. The second-order valence-corrected chi connectivity index (χ2v) is 5.26. The van der Waals surface area contributed by atoms with Crippen LogP contribution in [0.5, 0.6) is 0 Å². The van der Waals surface area contributed by atoms with E-state index in [1.807, 2.05) is 24.3 Å². The molecule has 0 fully saturated rings. The first-order valence-corrected chi connectivity index (χ1v) is 7.23. The predicted molar refractivity (Wildman–Crippen MR) is 86.7 cm³/mol. The van der Waals surface area contributed by atoms with Gasteiger partial charge in [0, 0.05) is 36.2 Å². The van der Waals surface area contributed by atoms with Crippen molar-refractivity contribution >= 4 is 33.2 Å². The molecule has 6 heteroatoms. The molecule has 0 aliphatic carbocycles. The van der Waals surface area contributed by atoms with Crippen LogP contribution in [-0.2, 0) is 4.74 Å². The summed E-state index contributed by atoms with van der Waals surface area (Å²) in [6.07, 6.45) is 3.21. The van der Waals surface area contributed by atoms with Crippen LogP contribution in [0.25, 0.3) is 0 Å². The van der Waals surface area contributed by atoms with Crippen molar-refractivity contribution in [2.45, 2.75) is 0 Å². The number of carbonyl (C=O) groups is 1. The number of hydrogen-bond acceptors (Lipinski definition) is 4. The summed E-state index contributed by atoms with van der Waals surface area (Å²) in [5, 5.41) is 5.97. The van der Waals surface area contributed by atoms with E-state index >= 15 is 0 Å².